The zero-order chi connectivity index (χ0) is 20.3. The van der Waals surface area contributed by atoms with Crippen molar-refractivity contribution < 1.29 is 17.9 Å². The smallest absolute Gasteiger partial charge is 0.191 e. The van der Waals surface area contributed by atoms with Gasteiger partial charge in [0.1, 0.15) is 5.75 Å². The molecule has 0 aliphatic rings. The van der Waals surface area contributed by atoms with Crippen LogP contribution in [0.15, 0.2) is 29.3 Å². The molecule has 0 radical (unpaired) electrons. The second-order valence-electron chi connectivity index (χ2n) is 6.88. The van der Waals surface area contributed by atoms with Crippen LogP contribution in [0.1, 0.15) is 32.8 Å². The first-order valence-corrected chi connectivity index (χ1v) is 11.0. The van der Waals surface area contributed by atoms with Gasteiger partial charge in [-0.15, -0.1) is 24.0 Å². The number of aliphatic imine (C=N–C) groups is 1. The lowest BCUT2D eigenvalue weighted by atomic mass is 10.2. The van der Waals surface area contributed by atoms with E-state index in [0.29, 0.717) is 32.3 Å². The number of halogens is 1. The molecule has 0 aliphatic heterocycles. The monoisotopic (exact) mass is 527 g/mol. The first-order chi connectivity index (χ1) is 12.7. The van der Waals surface area contributed by atoms with E-state index in [1.807, 2.05) is 31.2 Å². The predicted octanol–water partition coefficient (Wildman–Crippen LogP) is 2.60. The van der Waals surface area contributed by atoms with Crippen LogP contribution >= 0.6 is 24.0 Å². The van der Waals surface area contributed by atoms with Crippen molar-refractivity contribution in [3.63, 3.8) is 0 Å². The molecular formula is C19H34IN3O4S. The van der Waals surface area contributed by atoms with Crippen LogP contribution in [0.25, 0.3) is 0 Å². The maximum Gasteiger partial charge on any atom is 0.191 e. The highest BCUT2D eigenvalue weighted by Crippen LogP contribution is 2.14. The molecule has 0 heterocycles. The third-order valence-corrected chi connectivity index (χ3v) is 6.38. The average Bonchev–Trinajstić information content (AvgIpc) is 2.62. The third-order valence-electron chi connectivity index (χ3n) is 4.23. The van der Waals surface area contributed by atoms with Gasteiger partial charge in [-0.1, -0.05) is 12.1 Å². The Morgan fingerprint density at radius 2 is 1.82 bits per heavy atom. The lowest BCUT2D eigenvalue weighted by molar-refractivity contribution is 0.145. The molecule has 0 aliphatic carbocycles. The van der Waals surface area contributed by atoms with E-state index >= 15 is 0 Å². The van der Waals surface area contributed by atoms with Gasteiger partial charge in [-0.2, -0.15) is 0 Å². The summed E-state index contributed by atoms with van der Waals surface area (Å²) in [6, 6.07) is 7.69. The largest absolute Gasteiger partial charge is 0.497 e. The quantitative estimate of drug-likeness (QED) is 0.199. The zero-order valence-electron chi connectivity index (χ0n) is 17.4. The summed E-state index contributed by atoms with van der Waals surface area (Å²) in [5.41, 5.74) is 1.04. The number of guanidine groups is 1. The van der Waals surface area contributed by atoms with E-state index < -0.39 is 14.6 Å². The van der Waals surface area contributed by atoms with Crippen LogP contribution in [0.4, 0.5) is 0 Å². The molecule has 0 bridgehead atoms. The van der Waals surface area contributed by atoms with E-state index in [0.717, 1.165) is 17.7 Å². The van der Waals surface area contributed by atoms with Crippen LogP contribution in [0, 0.1) is 0 Å². The number of benzene rings is 1. The maximum absolute atomic E-state index is 11.9. The van der Waals surface area contributed by atoms with Crippen molar-refractivity contribution >= 4 is 39.8 Å². The van der Waals surface area contributed by atoms with E-state index in [1.165, 1.54) is 6.26 Å². The second kappa shape index (κ2) is 13.2. The number of ether oxygens (including phenoxy) is 2. The Hall–Kier alpha value is -1.07. The summed E-state index contributed by atoms with van der Waals surface area (Å²) in [6.07, 6.45) is 2.09. The van der Waals surface area contributed by atoms with Gasteiger partial charge in [-0.25, -0.2) is 13.4 Å². The number of sulfone groups is 1. The molecule has 0 unspecified atom stereocenters. The molecule has 7 nitrogen and oxygen atoms in total. The van der Waals surface area contributed by atoms with E-state index in [2.05, 4.69) is 15.6 Å². The van der Waals surface area contributed by atoms with Gasteiger partial charge < -0.3 is 20.1 Å². The highest BCUT2D eigenvalue weighted by Gasteiger charge is 2.30. The van der Waals surface area contributed by atoms with E-state index in [9.17, 15) is 8.42 Å². The van der Waals surface area contributed by atoms with Gasteiger partial charge in [-0.05, 0) is 44.9 Å². The van der Waals surface area contributed by atoms with Crippen molar-refractivity contribution in [1.82, 2.24) is 10.6 Å². The van der Waals surface area contributed by atoms with Crippen molar-refractivity contribution in [3.8, 4) is 5.75 Å². The Labute approximate surface area is 186 Å². The van der Waals surface area contributed by atoms with Crippen LogP contribution in [0.3, 0.4) is 0 Å². The van der Waals surface area contributed by atoms with E-state index in [1.54, 1.807) is 21.0 Å². The second-order valence-corrected chi connectivity index (χ2v) is 9.53. The van der Waals surface area contributed by atoms with Crippen molar-refractivity contribution in [2.45, 2.75) is 38.5 Å². The number of hydrogen-bond acceptors (Lipinski definition) is 5. The first-order valence-electron chi connectivity index (χ1n) is 9.12. The number of nitrogens with zero attached hydrogens (tertiary/aromatic N) is 1. The molecule has 162 valence electrons. The van der Waals surface area contributed by atoms with E-state index in [-0.39, 0.29) is 30.5 Å². The summed E-state index contributed by atoms with van der Waals surface area (Å²) in [7, 11) is -1.55. The van der Waals surface area contributed by atoms with Gasteiger partial charge in [0.15, 0.2) is 15.8 Å². The minimum atomic E-state index is -3.18. The summed E-state index contributed by atoms with van der Waals surface area (Å²) in [4.78, 5) is 4.57. The summed E-state index contributed by atoms with van der Waals surface area (Å²) < 4.78 is 33.4. The standard InChI is InChI=1S/C19H33N3O4S.HI/c1-6-26-13-7-12-20-18(22-15-19(2,3)27(5,23)24)21-14-16-8-10-17(25-4)11-9-16;/h8-11H,6-7,12-15H2,1-5H3,(H2,20,21,22);1H. The molecule has 2 N–H and O–H groups in total. The molecule has 0 saturated carbocycles. The lowest BCUT2D eigenvalue weighted by Crippen LogP contribution is -2.48. The molecule has 28 heavy (non-hydrogen) atoms. The highest BCUT2D eigenvalue weighted by atomic mass is 127. The molecule has 0 saturated heterocycles. The topological polar surface area (TPSA) is 89.0 Å². The van der Waals surface area contributed by atoms with Crippen molar-refractivity contribution in [2.24, 2.45) is 4.99 Å². The van der Waals surface area contributed by atoms with Crippen LogP contribution < -0.4 is 15.4 Å². The van der Waals surface area contributed by atoms with Gasteiger partial charge in [0.25, 0.3) is 0 Å². The number of rotatable bonds is 11. The lowest BCUT2D eigenvalue weighted by Gasteiger charge is -2.24. The van der Waals surface area contributed by atoms with Crippen LogP contribution in [-0.2, 0) is 21.1 Å². The highest BCUT2D eigenvalue weighted by molar-refractivity contribution is 14.0. The SMILES string of the molecule is CCOCCCNC(=NCc1ccc(OC)cc1)NCC(C)(C)S(C)(=O)=O.I. The molecule has 0 spiro atoms. The van der Waals surface area contributed by atoms with Crippen LogP contribution in [0.5, 0.6) is 5.75 Å². The summed E-state index contributed by atoms with van der Waals surface area (Å²) >= 11 is 0. The summed E-state index contributed by atoms with van der Waals surface area (Å²) in [5, 5.41) is 6.38. The Kier molecular flexibility index (Phi) is 12.7. The molecule has 1 aromatic carbocycles. The Morgan fingerprint density at radius 3 is 2.36 bits per heavy atom. The van der Waals surface area contributed by atoms with Crippen molar-refractivity contribution in [1.29, 1.82) is 0 Å². The van der Waals surface area contributed by atoms with Gasteiger partial charge in [0.2, 0.25) is 0 Å². The van der Waals surface area contributed by atoms with Gasteiger partial charge in [-0.3, -0.25) is 0 Å². The minimum absolute atomic E-state index is 0. The normalized spacial score (nSPS) is 12.2. The predicted molar refractivity (Wildman–Crippen MR) is 126 cm³/mol. The minimum Gasteiger partial charge on any atom is -0.497 e. The van der Waals surface area contributed by atoms with Gasteiger partial charge in [0.05, 0.1) is 18.4 Å². The maximum atomic E-state index is 11.9. The Balaban J connectivity index is 0.00000729. The summed E-state index contributed by atoms with van der Waals surface area (Å²) in [5.74, 6) is 1.38. The average molecular weight is 527 g/mol. The van der Waals surface area contributed by atoms with Crippen LogP contribution in [-0.4, -0.2) is 58.8 Å². The summed E-state index contributed by atoms with van der Waals surface area (Å²) in [6.45, 7) is 8.16. The van der Waals surface area contributed by atoms with Gasteiger partial charge in [0, 0.05) is 32.6 Å². The fourth-order valence-electron chi connectivity index (χ4n) is 2.03. The Bertz CT molecular complexity index is 692. The van der Waals surface area contributed by atoms with E-state index in [4.69, 9.17) is 9.47 Å². The molecule has 0 fully saturated rings. The number of nitrogens with one attached hydrogen (secondary N) is 2. The molecule has 0 atom stereocenters. The third kappa shape index (κ3) is 9.92. The van der Waals surface area contributed by atoms with Crippen LogP contribution in [0.2, 0.25) is 0 Å². The molecule has 0 amide bonds. The molecule has 1 rings (SSSR count). The number of hydrogen-bond donors (Lipinski definition) is 2. The number of methoxy groups -OCH3 is 1. The fourth-order valence-corrected chi connectivity index (χ4v) is 2.36. The zero-order valence-corrected chi connectivity index (χ0v) is 20.6. The Morgan fingerprint density at radius 1 is 1.18 bits per heavy atom. The van der Waals surface area contributed by atoms with Crippen molar-refractivity contribution in [3.05, 3.63) is 29.8 Å². The van der Waals surface area contributed by atoms with Crippen molar-refractivity contribution in [2.75, 3.05) is 39.7 Å². The molecule has 1 aromatic rings. The molecule has 9 heteroatoms. The van der Waals surface area contributed by atoms with Gasteiger partial charge >= 0.3 is 0 Å². The first kappa shape index (κ1) is 26.9. The molecular weight excluding hydrogens is 493 g/mol. The molecule has 0 aromatic heterocycles. The fraction of sp³-hybridized carbons (Fsp3) is 0.632.